The van der Waals surface area contributed by atoms with Crippen molar-refractivity contribution in [2.24, 2.45) is 10.9 Å². The Labute approximate surface area is 155 Å². The molecule has 1 saturated carbocycles. The third-order valence-electron chi connectivity index (χ3n) is 4.34. The second-order valence-corrected chi connectivity index (χ2v) is 6.56. The number of ether oxygens (including phenoxy) is 1. The molecule has 0 spiro atoms. The summed E-state index contributed by atoms with van der Waals surface area (Å²) in [4.78, 5) is 6.82. The molecule has 3 rings (SSSR count). The molecule has 1 heterocycles. The zero-order chi connectivity index (χ0) is 18.2. The van der Waals surface area contributed by atoms with Crippen molar-refractivity contribution in [2.75, 3.05) is 33.4 Å². The summed E-state index contributed by atoms with van der Waals surface area (Å²) in [5, 5.41) is 11.6. The summed E-state index contributed by atoms with van der Waals surface area (Å²) < 4.78 is 7.70. The van der Waals surface area contributed by atoms with Crippen LogP contribution in [0.4, 0.5) is 0 Å². The largest absolute Gasteiger partial charge is 0.379 e. The predicted octanol–water partition coefficient (Wildman–Crippen LogP) is 2.09. The van der Waals surface area contributed by atoms with Gasteiger partial charge in [0.2, 0.25) is 0 Å². The third kappa shape index (κ3) is 5.29. The SMILES string of the molecule is CCNC(=NCc1nncn1-c1ccccc1)N(C)CCOCC1CC1. The Morgan fingerprint density at radius 1 is 1.35 bits per heavy atom. The summed E-state index contributed by atoms with van der Waals surface area (Å²) in [5.74, 6) is 2.46. The number of nitrogens with zero attached hydrogens (tertiary/aromatic N) is 5. The zero-order valence-corrected chi connectivity index (χ0v) is 15.6. The smallest absolute Gasteiger partial charge is 0.194 e. The highest BCUT2D eigenvalue weighted by molar-refractivity contribution is 5.79. The average molecular weight is 356 g/mol. The van der Waals surface area contributed by atoms with Crippen molar-refractivity contribution in [1.29, 1.82) is 0 Å². The number of para-hydroxylation sites is 1. The molecule has 0 aliphatic heterocycles. The predicted molar refractivity (Wildman–Crippen MR) is 102 cm³/mol. The fourth-order valence-corrected chi connectivity index (χ4v) is 2.63. The second-order valence-electron chi connectivity index (χ2n) is 6.56. The van der Waals surface area contributed by atoms with Crippen molar-refractivity contribution in [3.8, 4) is 5.69 Å². The molecule has 0 radical (unpaired) electrons. The number of benzene rings is 1. The van der Waals surface area contributed by atoms with Crippen molar-refractivity contribution < 1.29 is 4.74 Å². The van der Waals surface area contributed by atoms with E-state index in [1.54, 1.807) is 6.33 Å². The molecule has 7 heteroatoms. The lowest BCUT2D eigenvalue weighted by atomic mass is 10.3. The van der Waals surface area contributed by atoms with Gasteiger partial charge in [-0.3, -0.25) is 4.57 Å². The summed E-state index contributed by atoms with van der Waals surface area (Å²) in [6.45, 7) is 5.77. The lowest BCUT2D eigenvalue weighted by Crippen LogP contribution is -2.40. The van der Waals surface area contributed by atoms with Crippen LogP contribution in [0.25, 0.3) is 5.69 Å². The van der Waals surface area contributed by atoms with Gasteiger partial charge in [0, 0.05) is 32.4 Å². The first kappa shape index (κ1) is 18.4. The molecule has 1 aliphatic rings. The van der Waals surface area contributed by atoms with E-state index >= 15 is 0 Å². The van der Waals surface area contributed by atoms with Crippen molar-refractivity contribution in [3.05, 3.63) is 42.5 Å². The average Bonchev–Trinajstić information content (AvgIpc) is 3.38. The Morgan fingerprint density at radius 2 is 2.15 bits per heavy atom. The highest BCUT2D eigenvalue weighted by Crippen LogP contribution is 2.28. The van der Waals surface area contributed by atoms with E-state index in [0.29, 0.717) is 6.54 Å². The first-order valence-electron chi connectivity index (χ1n) is 9.29. The minimum atomic E-state index is 0.463. The van der Waals surface area contributed by atoms with Gasteiger partial charge in [-0.05, 0) is 37.8 Å². The van der Waals surface area contributed by atoms with E-state index in [2.05, 4.69) is 27.3 Å². The molecule has 1 N–H and O–H groups in total. The number of likely N-dealkylation sites (N-methyl/N-ethyl adjacent to an activating group) is 1. The van der Waals surface area contributed by atoms with Crippen LogP contribution in [-0.2, 0) is 11.3 Å². The van der Waals surface area contributed by atoms with Crippen LogP contribution in [0.3, 0.4) is 0 Å². The normalized spacial score (nSPS) is 14.5. The molecule has 1 fully saturated rings. The molecular formula is C19H28N6O. The van der Waals surface area contributed by atoms with Gasteiger partial charge >= 0.3 is 0 Å². The van der Waals surface area contributed by atoms with Crippen molar-refractivity contribution >= 4 is 5.96 Å². The van der Waals surface area contributed by atoms with Crippen LogP contribution in [-0.4, -0.2) is 59.0 Å². The summed E-state index contributed by atoms with van der Waals surface area (Å²) >= 11 is 0. The van der Waals surface area contributed by atoms with Gasteiger partial charge in [-0.2, -0.15) is 0 Å². The molecule has 140 valence electrons. The Hall–Kier alpha value is -2.41. The van der Waals surface area contributed by atoms with Crippen molar-refractivity contribution in [1.82, 2.24) is 25.0 Å². The zero-order valence-electron chi connectivity index (χ0n) is 15.6. The van der Waals surface area contributed by atoms with E-state index < -0.39 is 0 Å². The minimum absolute atomic E-state index is 0.463. The fraction of sp³-hybridized carbons (Fsp3) is 0.526. The lowest BCUT2D eigenvalue weighted by Gasteiger charge is -2.22. The number of guanidine groups is 1. The highest BCUT2D eigenvalue weighted by atomic mass is 16.5. The Balaban J connectivity index is 1.59. The molecule has 1 aromatic carbocycles. The van der Waals surface area contributed by atoms with Gasteiger partial charge in [0.1, 0.15) is 12.9 Å². The second kappa shape index (κ2) is 9.33. The molecule has 0 atom stereocenters. The van der Waals surface area contributed by atoms with Gasteiger partial charge in [0.05, 0.1) is 6.61 Å². The van der Waals surface area contributed by atoms with Crippen LogP contribution in [0.5, 0.6) is 0 Å². The van der Waals surface area contributed by atoms with E-state index in [9.17, 15) is 0 Å². The first-order chi connectivity index (χ1) is 12.8. The lowest BCUT2D eigenvalue weighted by molar-refractivity contribution is 0.115. The molecule has 0 amide bonds. The Bertz CT molecular complexity index is 695. The maximum atomic E-state index is 5.73. The summed E-state index contributed by atoms with van der Waals surface area (Å²) in [6, 6.07) is 10.1. The molecule has 0 bridgehead atoms. The van der Waals surface area contributed by atoms with Gasteiger partial charge < -0.3 is 15.0 Å². The molecule has 0 saturated heterocycles. The van der Waals surface area contributed by atoms with Crippen LogP contribution in [0.2, 0.25) is 0 Å². The quantitative estimate of drug-likeness (QED) is 0.423. The standard InChI is InChI=1S/C19H28N6O/c1-3-20-19(24(2)11-12-26-14-16-9-10-16)21-13-18-23-22-15-25(18)17-7-5-4-6-8-17/h4-8,15-16H,3,9-14H2,1-2H3,(H,20,21). The van der Waals surface area contributed by atoms with E-state index in [4.69, 9.17) is 9.73 Å². The van der Waals surface area contributed by atoms with E-state index in [1.165, 1.54) is 12.8 Å². The Morgan fingerprint density at radius 3 is 2.88 bits per heavy atom. The summed E-state index contributed by atoms with van der Waals surface area (Å²) in [6.07, 6.45) is 4.37. The number of nitrogens with one attached hydrogen (secondary N) is 1. The number of aromatic nitrogens is 3. The maximum absolute atomic E-state index is 5.73. The molecule has 1 aliphatic carbocycles. The van der Waals surface area contributed by atoms with Gasteiger partial charge in [-0.25, -0.2) is 4.99 Å². The Kier molecular flexibility index (Phi) is 6.60. The minimum Gasteiger partial charge on any atom is -0.379 e. The van der Waals surface area contributed by atoms with Crippen LogP contribution < -0.4 is 5.32 Å². The van der Waals surface area contributed by atoms with Crippen molar-refractivity contribution in [3.63, 3.8) is 0 Å². The highest BCUT2D eigenvalue weighted by Gasteiger charge is 2.21. The number of rotatable bonds is 9. The fourth-order valence-electron chi connectivity index (χ4n) is 2.63. The monoisotopic (exact) mass is 356 g/mol. The third-order valence-corrected chi connectivity index (χ3v) is 4.34. The van der Waals surface area contributed by atoms with Crippen molar-refractivity contribution in [2.45, 2.75) is 26.3 Å². The molecule has 7 nitrogen and oxygen atoms in total. The number of aliphatic imine (C=N–C) groups is 1. The van der Waals surface area contributed by atoms with Crippen LogP contribution in [0, 0.1) is 5.92 Å². The number of hydrogen-bond donors (Lipinski definition) is 1. The van der Waals surface area contributed by atoms with Gasteiger partial charge in [-0.15, -0.1) is 10.2 Å². The van der Waals surface area contributed by atoms with Crippen LogP contribution in [0.15, 0.2) is 41.7 Å². The van der Waals surface area contributed by atoms with Gasteiger partial charge in [0.15, 0.2) is 11.8 Å². The van der Waals surface area contributed by atoms with E-state index in [0.717, 1.165) is 49.7 Å². The summed E-state index contributed by atoms with van der Waals surface area (Å²) in [7, 11) is 2.03. The van der Waals surface area contributed by atoms with E-state index in [1.807, 2.05) is 41.9 Å². The number of hydrogen-bond acceptors (Lipinski definition) is 4. The molecule has 2 aromatic rings. The van der Waals surface area contributed by atoms with Crippen LogP contribution in [0.1, 0.15) is 25.6 Å². The first-order valence-corrected chi connectivity index (χ1v) is 9.29. The molecular weight excluding hydrogens is 328 g/mol. The van der Waals surface area contributed by atoms with Crippen LogP contribution >= 0.6 is 0 Å². The molecule has 26 heavy (non-hydrogen) atoms. The molecule has 1 aromatic heterocycles. The summed E-state index contributed by atoms with van der Waals surface area (Å²) in [5.41, 5.74) is 1.04. The van der Waals surface area contributed by atoms with Gasteiger partial charge in [0.25, 0.3) is 0 Å². The maximum Gasteiger partial charge on any atom is 0.194 e. The topological polar surface area (TPSA) is 67.6 Å². The molecule has 0 unspecified atom stereocenters. The van der Waals surface area contributed by atoms with Gasteiger partial charge in [-0.1, -0.05) is 18.2 Å². The van der Waals surface area contributed by atoms with E-state index in [-0.39, 0.29) is 0 Å².